The van der Waals surface area contributed by atoms with E-state index >= 15 is 0 Å². The van der Waals surface area contributed by atoms with Crippen molar-refractivity contribution in [2.75, 3.05) is 32.5 Å². The van der Waals surface area contributed by atoms with Crippen LogP contribution < -0.4 is 5.73 Å². The Balaban J connectivity index is 2.16. The molecule has 1 fully saturated rings. The number of carbonyl (C=O) groups is 2. The lowest BCUT2D eigenvalue weighted by atomic mass is 10.2. The molecule has 7 nitrogen and oxygen atoms in total. The molecule has 0 radical (unpaired) electrons. The van der Waals surface area contributed by atoms with E-state index < -0.39 is 12.1 Å². The van der Waals surface area contributed by atoms with Gasteiger partial charge in [0, 0.05) is 6.54 Å². The van der Waals surface area contributed by atoms with Gasteiger partial charge in [0.1, 0.15) is 5.15 Å². The van der Waals surface area contributed by atoms with Gasteiger partial charge in [0.05, 0.1) is 37.7 Å². The Morgan fingerprint density at radius 1 is 1.60 bits per heavy atom. The Bertz CT molecular complexity index is 537. The molecule has 1 amide bonds. The number of methoxy groups -OCH3 is 1. The Labute approximate surface area is 120 Å². The van der Waals surface area contributed by atoms with Crippen LogP contribution in [0.25, 0.3) is 0 Å². The molecule has 20 heavy (non-hydrogen) atoms. The second-order valence-corrected chi connectivity index (χ2v) is 4.60. The third-order valence-corrected chi connectivity index (χ3v) is 3.21. The molecule has 1 aliphatic rings. The number of carbonyl (C=O) groups excluding carboxylic acids is 2. The lowest BCUT2D eigenvalue weighted by molar-refractivity contribution is -0.158. The molecule has 1 aromatic rings. The maximum atomic E-state index is 12.4. The first-order chi connectivity index (χ1) is 9.52. The van der Waals surface area contributed by atoms with Gasteiger partial charge in [-0.2, -0.15) is 0 Å². The number of rotatable bonds is 2. The molecule has 0 bridgehead atoms. The number of nitrogens with zero attached hydrogens (tertiary/aromatic N) is 2. The highest BCUT2D eigenvalue weighted by molar-refractivity contribution is 6.32. The fourth-order valence-electron chi connectivity index (χ4n) is 1.89. The summed E-state index contributed by atoms with van der Waals surface area (Å²) in [5.41, 5.74) is 6.15. The van der Waals surface area contributed by atoms with E-state index in [1.54, 1.807) is 0 Å². The van der Waals surface area contributed by atoms with Crippen LogP contribution in [0.4, 0.5) is 5.69 Å². The number of esters is 1. The van der Waals surface area contributed by atoms with Crippen molar-refractivity contribution in [2.45, 2.75) is 6.10 Å². The van der Waals surface area contributed by atoms with E-state index in [1.165, 1.54) is 24.3 Å². The van der Waals surface area contributed by atoms with Crippen LogP contribution in [0.5, 0.6) is 0 Å². The van der Waals surface area contributed by atoms with Crippen molar-refractivity contribution in [2.24, 2.45) is 0 Å². The Hall–Kier alpha value is -1.86. The average molecular weight is 300 g/mol. The van der Waals surface area contributed by atoms with Crippen molar-refractivity contribution >= 4 is 29.2 Å². The van der Waals surface area contributed by atoms with Crippen molar-refractivity contribution < 1.29 is 19.1 Å². The number of hydrogen-bond donors (Lipinski definition) is 1. The number of nitrogen functional groups attached to an aromatic ring is 1. The van der Waals surface area contributed by atoms with Gasteiger partial charge in [-0.15, -0.1) is 0 Å². The highest BCUT2D eigenvalue weighted by Gasteiger charge is 2.31. The predicted molar refractivity (Wildman–Crippen MR) is 71.3 cm³/mol. The van der Waals surface area contributed by atoms with Gasteiger partial charge >= 0.3 is 5.97 Å². The van der Waals surface area contributed by atoms with E-state index in [-0.39, 0.29) is 29.8 Å². The van der Waals surface area contributed by atoms with Crippen molar-refractivity contribution in [3.05, 3.63) is 23.0 Å². The highest BCUT2D eigenvalue weighted by Crippen LogP contribution is 2.19. The quantitative estimate of drug-likeness (QED) is 0.625. The highest BCUT2D eigenvalue weighted by atomic mass is 35.5. The van der Waals surface area contributed by atoms with Crippen LogP contribution in [0.2, 0.25) is 5.15 Å². The van der Waals surface area contributed by atoms with Gasteiger partial charge in [0.15, 0.2) is 6.10 Å². The Morgan fingerprint density at radius 3 is 3.05 bits per heavy atom. The molecule has 0 saturated carbocycles. The summed E-state index contributed by atoms with van der Waals surface area (Å²) in [5.74, 6) is -0.855. The molecule has 8 heteroatoms. The SMILES string of the molecule is COC(=O)C1CN(C(=O)c2cc(N)cnc2Cl)CCO1. The van der Waals surface area contributed by atoms with Crippen molar-refractivity contribution in [3.63, 3.8) is 0 Å². The third-order valence-electron chi connectivity index (χ3n) is 2.91. The van der Waals surface area contributed by atoms with Gasteiger partial charge in [-0.25, -0.2) is 9.78 Å². The molecule has 1 atom stereocenters. The minimum absolute atomic E-state index is 0.0744. The zero-order valence-electron chi connectivity index (χ0n) is 10.8. The number of pyridine rings is 1. The molecule has 1 aliphatic heterocycles. The number of halogens is 1. The molecule has 2 N–H and O–H groups in total. The summed E-state index contributed by atoms with van der Waals surface area (Å²) in [6, 6.07) is 1.46. The van der Waals surface area contributed by atoms with E-state index in [0.29, 0.717) is 12.2 Å². The fourth-order valence-corrected chi connectivity index (χ4v) is 2.08. The normalized spacial score (nSPS) is 18.7. The zero-order chi connectivity index (χ0) is 14.7. The zero-order valence-corrected chi connectivity index (χ0v) is 11.6. The number of nitrogens with two attached hydrogens (primary N) is 1. The fraction of sp³-hybridized carbons (Fsp3) is 0.417. The second kappa shape index (κ2) is 6.06. The summed E-state index contributed by atoms with van der Waals surface area (Å²) >= 11 is 5.90. The molecular formula is C12H14ClN3O4. The molecule has 1 aromatic heterocycles. The molecule has 1 saturated heterocycles. The largest absolute Gasteiger partial charge is 0.467 e. The minimum Gasteiger partial charge on any atom is -0.467 e. The van der Waals surface area contributed by atoms with E-state index in [4.69, 9.17) is 22.1 Å². The molecular weight excluding hydrogens is 286 g/mol. The summed E-state index contributed by atoms with van der Waals surface area (Å²) in [5, 5.41) is 0.0744. The lowest BCUT2D eigenvalue weighted by Crippen LogP contribution is -2.49. The van der Waals surface area contributed by atoms with Gasteiger partial charge < -0.3 is 20.1 Å². The van der Waals surface area contributed by atoms with Crippen LogP contribution in [0.3, 0.4) is 0 Å². The van der Waals surface area contributed by atoms with Gasteiger partial charge in [-0.05, 0) is 6.07 Å². The van der Waals surface area contributed by atoms with E-state index in [9.17, 15) is 9.59 Å². The molecule has 0 spiro atoms. The Morgan fingerprint density at radius 2 is 2.35 bits per heavy atom. The first kappa shape index (κ1) is 14.5. The number of hydrogen-bond acceptors (Lipinski definition) is 6. The average Bonchev–Trinajstić information content (AvgIpc) is 2.48. The molecule has 108 valence electrons. The topological polar surface area (TPSA) is 94.8 Å². The minimum atomic E-state index is -0.787. The molecule has 1 unspecified atom stereocenters. The first-order valence-electron chi connectivity index (χ1n) is 5.92. The molecule has 0 aliphatic carbocycles. The van der Waals surface area contributed by atoms with Crippen LogP contribution in [0, 0.1) is 0 Å². The van der Waals surface area contributed by atoms with Crippen molar-refractivity contribution in [3.8, 4) is 0 Å². The number of anilines is 1. The standard InChI is InChI=1S/C12H14ClN3O4/c1-19-12(18)9-6-16(2-3-20-9)11(17)8-4-7(14)5-15-10(8)13/h4-5,9H,2-3,6,14H2,1H3. The predicted octanol–water partition coefficient (Wildman–Crippen LogP) is 0.331. The number of aromatic nitrogens is 1. The van der Waals surface area contributed by atoms with Gasteiger partial charge in [-0.3, -0.25) is 4.79 Å². The summed E-state index contributed by atoms with van der Waals surface area (Å²) in [4.78, 5) is 29.1. The van der Waals surface area contributed by atoms with Crippen molar-refractivity contribution in [1.82, 2.24) is 9.88 Å². The lowest BCUT2D eigenvalue weighted by Gasteiger charge is -2.31. The molecule has 0 aromatic carbocycles. The molecule has 2 heterocycles. The maximum absolute atomic E-state index is 12.4. The maximum Gasteiger partial charge on any atom is 0.336 e. The van der Waals surface area contributed by atoms with E-state index in [0.717, 1.165) is 0 Å². The monoisotopic (exact) mass is 299 g/mol. The van der Waals surface area contributed by atoms with Crippen LogP contribution in [0.1, 0.15) is 10.4 Å². The third kappa shape index (κ3) is 3.00. The van der Waals surface area contributed by atoms with Crippen LogP contribution in [-0.2, 0) is 14.3 Å². The van der Waals surface area contributed by atoms with Gasteiger partial charge in [-0.1, -0.05) is 11.6 Å². The van der Waals surface area contributed by atoms with Gasteiger partial charge in [0.25, 0.3) is 5.91 Å². The number of ether oxygens (including phenoxy) is 2. The number of morpholine rings is 1. The van der Waals surface area contributed by atoms with Crippen LogP contribution in [-0.4, -0.2) is 54.7 Å². The van der Waals surface area contributed by atoms with E-state index in [1.807, 2.05) is 0 Å². The first-order valence-corrected chi connectivity index (χ1v) is 6.30. The Kier molecular flexibility index (Phi) is 4.41. The van der Waals surface area contributed by atoms with E-state index in [2.05, 4.69) is 9.72 Å². The summed E-state index contributed by atoms with van der Waals surface area (Å²) in [6.45, 7) is 0.715. The van der Waals surface area contributed by atoms with Gasteiger partial charge in [0.2, 0.25) is 0 Å². The van der Waals surface area contributed by atoms with Crippen LogP contribution >= 0.6 is 11.6 Å². The van der Waals surface area contributed by atoms with Crippen LogP contribution in [0.15, 0.2) is 12.3 Å². The molecule has 2 rings (SSSR count). The summed E-state index contributed by atoms with van der Waals surface area (Å²) < 4.78 is 9.87. The number of amides is 1. The smallest absolute Gasteiger partial charge is 0.336 e. The van der Waals surface area contributed by atoms with Crippen molar-refractivity contribution in [1.29, 1.82) is 0 Å². The second-order valence-electron chi connectivity index (χ2n) is 4.24. The summed E-state index contributed by atoms with van der Waals surface area (Å²) in [7, 11) is 1.27. The summed E-state index contributed by atoms with van der Waals surface area (Å²) in [6.07, 6.45) is 0.584.